The smallest absolute Gasteiger partial charge is 0.213 e. The second kappa shape index (κ2) is 7.22. The summed E-state index contributed by atoms with van der Waals surface area (Å²) in [5.74, 6) is 0.611. The molecule has 26 heavy (non-hydrogen) atoms. The topological polar surface area (TPSA) is 55.2 Å². The number of nitrogens with one attached hydrogen (secondary N) is 1. The van der Waals surface area contributed by atoms with E-state index < -0.39 is 0 Å². The predicted octanol–water partition coefficient (Wildman–Crippen LogP) is 5.86. The molecule has 2 aromatic heterocycles. The molecule has 0 aliphatic carbocycles. The molecule has 0 unspecified atom stereocenters. The standard InChI is InChI=1S/C18H12Cl2N4OS/c1-21-15-14(12-3-2-11(19)8-13(12)20)17(18-22-9-23-24-18)26-16(15)10-4-6-25-7-5-10/h2-4,8-9H,5-7H2,(H,22,23,24). The van der Waals surface area contributed by atoms with Crippen molar-refractivity contribution in [2.45, 2.75) is 6.42 Å². The van der Waals surface area contributed by atoms with Crippen LogP contribution in [-0.2, 0) is 4.74 Å². The number of aromatic nitrogens is 3. The summed E-state index contributed by atoms with van der Waals surface area (Å²) in [5, 5.41) is 9.07. The van der Waals surface area contributed by atoms with Crippen molar-refractivity contribution in [3.05, 3.63) is 56.9 Å². The molecule has 0 spiro atoms. The molecule has 1 N–H and O–H groups in total. The van der Waals surface area contributed by atoms with Gasteiger partial charge in [0.15, 0.2) is 5.82 Å². The lowest BCUT2D eigenvalue weighted by Gasteiger charge is -2.12. The molecule has 1 aliphatic rings. The molecule has 0 fully saturated rings. The molecule has 8 heteroatoms. The van der Waals surface area contributed by atoms with Gasteiger partial charge in [0.1, 0.15) is 6.33 Å². The zero-order valence-corrected chi connectivity index (χ0v) is 15.8. The Hall–Kier alpha value is -2.17. The van der Waals surface area contributed by atoms with Gasteiger partial charge < -0.3 is 9.72 Å². The van der Waals surface area contributed by atoms with Crippen molar-refractivity contribution in [3.8, 4) is 21.8 Å². The Morgan fingerprint density at radius 2 is 2.15 bits per heavy atom. The van der Waals surface area contributed by atoms with Gasteiger partial charge in [-0.3, -0.25) is 0 Å². The van der Waals surface area contributed by atoms with Crippen LogP contribution < -0.4 is 0 Å². The number of halogens is 2. The molecule has 0 saturated heterocycles. The van der Waals surface area contributed by atoms with E-state index in [1.807, 2.05) is 12.1 Å². The van der Waals surface area contributed by atoms with Gasteiger partial charge in [-0.2, -0.15) is 0 Å². The van der Waals surface area contributed by atoms with Crippen molar-refractivity contribution >= 4 is 45.8 Å². The molecule has 3 heterocycles. The van der Waals surface area contributed by atoms with E-state index in [9.17, 15) is 0 Å². The number of nitrogens with zero attached hydrogens (tertiary/aromatic N) is 3. The van der Waals surface area contributed by atoms with E-state index in [2.05, 4.69) is 20.0 Å². The van der Waals surface area contributed by atoms with Crippen LogP contribution in [0, 0.1) is 6.57 Å². The van der Waals surface area contributed by atoms with Crippen molar-refractivity contribution in [1.29, 1.82) is 0 Å². The zero-order valence-electron chi connectivity index (χ0n) is 13.4. The highest BCUT2D eigenvalue weighted by Crippen LogP contribution is 2.51. The van der Waals surface area contributed by atoms with E-state index >= 15 is 0 Å². The van der Waals surface area contributed by atoms with Crippen molar-refractivity contribution in [2.24, 2.45) is 0 Å². The highest BCUT2D eigenvalue weighted by Gasteiger charge is 2.26. The summed E-state index contributed by atoms with van der Waals surface area (Å²) in [6.45, 7) is 9.01. The van der Waals surface area contributed by atoms with E-state index in [0.717, 1.165) is 32.9 Å². The molecular weight excluding hydrogens is 391 g/mol. The normalized spacial score (nSPS) is 14.1. The molecule has 0 bridgehead atoms. The Kier molecular flexibility index (Phi) is 4.79. The third-order valence-electron chi connectivity index (χ3n) is 4.08. The van der Waals surface area contributed by atoms with Crippen molar-refractivity contribution < 1.29 is 4.74 Å². The van der Waals surface area contributed by atoms with Crippen LogP contribution in [-0.4, -0.2) is 28.4 Å². The maximum atomic E-state index is 7.80. The average Bonchev–Trinajstić information content (AvgIpc) is 3.30. The van der Waals surface area contributed by atoms with E-state index in [4.69, 9.17) is 34.5 Å². The summed E-state index contributed by atoms with van der Waals surface area (Å²) < 4.78 is 5.41. The Balaban J connectivity index is 2.00. The van der Waals surface area contributed by atoms with E-state index in [-0.39, 0.29) is 0 Å². The van der Waals surface area contributed by atoms with Crippen LogP contribution in [0.3, 0.4) is 0 Å². The molecule has 0 radical (unpaired) electrons. The molecule has 130 valence electrons. The zero-order chi connectivity index (χ0) is 18.1. The predicted molar refractivity (Wildman–Crippen MR) is 105 cm³/mol. The highest BCUT2D eigenvalue weighted by molar-refractivity contribution is 7.17. The van der Waals surface area contributed by atoms with Crippen LogP contribution in [0.1, 0.15) is 11.3 Å². The van der Waals surface area contributed by atoms with Gasteiger partial charge in [-0.15, -0.1) is 21.5 Å². The Bertz CT molecular complexity index is 1030. The maximum absolute atomic E-state index is 7.80. The van der Waals surface area contributed by atoms with E-state index in [0.29, 0.717) is 34.8 Å². The first kappa shape index (κ1) is 17.3. The van der Waals surface area contributed by atoms with Gasteiger partial charge in [0.05, 0.1) is 24.7 Å². The first-order chi connectivity index (χ1) is 12.7. The van der Waals surface area contributed by atoms with Crippen molar-refractivity contribution in [1.82, 2.24) is 15.2 Å². The van der Waals surface area contributed by atoms with Gasteiger partial charge in [-0.1, -0.05) is 35.3 Å². The number of rotatable bonds is 3. The largest absolute Gasteiger partial charge is 0.377 e. The number of hydrogen-bond acceptors (Lipinski definition) is 4. The Morgan fingerprint density at radius 3 is 2.81 bits per heavy atom. The Labute approximate surface area is 164 Å². The van der Waals surface area contributed by atoms with Crippen LogP contribution in [0.2, 0.25) is 10.0 Å². The molecule has 0 amide bonds. The van der Waals surface area contributed by atoms with Gasteiger partial charge in [-0.25, -0.2) is 4.85 Å². The summed E-state index contributed by atoms with van der Waals surface area (Å²) in [6.07, 6.45) is 4.32. The lowest BCUT2D eigenvalue weighted by molar-refractivity contribution is 0.161. The SMILES string of the molecule is [C-]#[N+]c1c(C2=CCOCC2)sc(-c2nnc[nH]2)c1-c1ccc(Cl)cc1Cl. The van der Waals surface area contributed by atoms with Crippen LogP contribution in [0.4, 0.5) is 5.69 Å². The number of aromatic amines is 1. The number of benzene rings is 1. The summed E-state index contributed by atoms with van der Waals surface area (Å²) >= 11 is 14.0. The Morgan fingerprint density at radius 1 is 1.27 bits per heavy atom. The third kappa shape index (κ3) is 3.04. The van der Waals surface area contributed by atoms with E-state index in [1.165, 1.54) is 17.7 Å². The number of hydrogen-bond donors (Lipinski definition) is 1. The monoisotopic (exact) mass is 402 g/mol. The highest BCUT2D eigenvalue weighted by atomic mass is 35.5. The molecule has 0 saturated carbocycles. The molecular formula is C18H12Cl2N4OS. The second-order valence-electron chi connectivity index (χ2n) is 5.61. The molecule has 3 aromatic rings. The summed E-state index contributed by atoms with van der Waals surface area (Å²) in [4.78, 5) is 8.64. The fourth-order valence-electron chi connectivity index (χ4n) is 2.91. The fraction of sp³-hybridized carbons (Fsp3) is 0.167. The van der Waals surface area contributed by atoms with Gasteiger partial charge in [0, 0.05) is 20.5 Å². The van der Waals surface area contributed by atoms with Gasteiger partial charge in [0.25, 0.3) is 0 Å². The lowest BCUT2D eigenvalue weighted by Crippen LogP contribution is -2.02. The first-order valence-corrected chi connectivity index (χ1v) is 9.39. The summed E-state index contributed by atoms with van der Waals surface area (Å²) in [6, 6.07) is 5.29. The first-order valence-electron chi connectivity index (χ1n) is 7.82. The third-order valence-corrected chi connectivity index (χ3v) is 5.89. The van der Waals surface area contributed by atoms with Crippen LogP contribution in [0.5, 0.6) is 0 Å². The summed E-state index contributed by atoms with van der Waals surface area (Å²) in [7, 11) is 0. The van der Waals surface area contributed by atoms with Gasteiger partial charge in [0.2, 0.25) is 5.69 Å². The van der Waals surface area contributed by atoms with Gasteiger partial charge in [-0.05, 0) is 29.7 Å². The second-order valence-corrected chi connectivity index (χ2v) is 7.48. The van der Waals surface area contributed by atoms with Gasteiger partial charge >= 0.3 is 0 Å². The fourth-order valence-corrected chi connectivity index (χ4v) is 4.68. The number of H-pyrrole nitrogens is 1. The number of ether oxygens (including phenoxy) is 1. The molecule has 4 rings (SSSR count). The van der Waals surface area contributed by atoms with Crippen LogP contribution in [0.25, 0.3) is 32.2 Å². The maximum Gasteiger partial charge on any atom is 0.213 e. The van der Waals surface area contributed by atoms with E-state index in [1.54, 1.807) is 12.1 Å². The van der Waals surface area contributed by atoms with Crippen molar-refractivity contribution in [3.63, 3.8) is 0 Å². The molecule has 1 aromatic carbocycles. The number of thiophene rings is 1. The van der Waals surface area contributed by atoms with Crippen LogP contribution in [0.15, 0.2) is 30.6 Å². The molecule has 5 nitrogen and oxygen atoms in total. The minimum absolute atomic E-state index is 0.494. The van der Waals surface area contributed by atoms with Crippen molar-refractivity contribution in [2.75, 3.05) is 13.2 Å². The molecule has 0 atom stereocenters. The quantitative estimate of drug-likeness (QED) is 0.557. The summed E-state index contributed by atoms with van der Waals surface area (Å²) in [5.41, 5.74) is 3.19. The lowest BCUT2D eigenvalue weighted by atomic mass is 10.0. The minimum atomic E-state index is 0.494. The molecule has 1 aliphatic heterocycles. The van der Waals surface area contributed by atoms with Crippen LogP contribution >= 0.6 is 34.5 Å². The average molecular weight is 403 g/mol. The minimum Gasteiger partial charge on any atom is -0.377 e.